The molecule has 10 nitrogen and oxygen atoms in total. The normalized spacial score (nSPS) is 10.4. The third kappa shape index (κ3) is 6.70. The van der Waals surface area contributed by atoms with Crippen LogP contribution in [0.4, 0.5) is 5.69 Å². The molecule has 3 rings (SSSR count). The van der Waals surface area contributed by atoms with E-state index in [4.69, 9.17) is 25.8 Å². The van der Waals surface area contributed by atoms with Gasteiger partial charge in [-0.3, -0.25) is 9.59 Å². The van der Waals surface area contributed by atoms with E-state index < -0.39 is 0 Å². The van der Waals surface area contributed by atoms with Gasteiger partial charge in [0.2, 0.25) is 5.91 Å². The molecule has 1 aromatic heterocycles. The van der Waals surface area contributed by atoms with E-state index in [1.165, 1.54) is 33.1 Å². The van der Waals surface area contributed by atoms with Gasteiger partial charge < -0.3 is 29.4 Å². The lowest BCUT2D eigenvalue weighted by Gasteiger charge is -2.11. The maximum Gasteiger partial charge on any atom is 0.251 e. The molecule has 0 radical (unpaired) electrons. The number of carbonyl (C=O) groups excluding carboxylic acids is 2. The van der Waals surface area contributed by atoms with Crippen LogP contribution in [0.25, 0.3) is 0 Å². The number of nitrogens with one attached hydrogen (secondary N) is 2. The van der Waals surface area contributed by atoms with Gasteiger partial charge in [0.05, 0.1) is 39.3 Å². The molecular formula is C24H26ClN5O5S. The second-order valence-corrected chi connectivity index (χ2v) is 8.61. The van der Waals surface area contributed by atoms with Crippen LogP contribution in [0.3, 0.4) is 0 Å². The lowest BCUT2D eigenvalue weighted by Crippen LogP contribution is -2.25. The van der Waals surface area contributed by atoms with Crippen LogP contribution < -0.4 is 24.8 Å². The number of aromatic nitrogens is 3. The van der Waals surface area contributed by atoms with Crippen LogP contribution in [0.5, 0.6) is 17.2 Å². The van der Waals surface area contributed by atoms with Gasteiger partial charge in [-0.2, -0.15) is 0 Å². The van der Waals surface area contributed by atoms with E-state index in [0.717, 1.165) is 0 Å². The Morgan fingerprint density at radius 3 is 2.47 bits per heavy atom. The van der Waals surface area contributed by atoms with Crippen molar-refractivity contribution in [2.75, 3.05) is 32.4 Å². The largest absolute Gasteiger partial charge is 0.495 e. The van der Waals surface area contributed by atoms with Crippen LogP contribution in [0.1, 0.15) is 16.2 Å². The van der Waals surface area contributed by atoms with Gasteiger partial charge in [0, 0.05) is 17.1 Å². The van der Waals surface area contributed by atoms with Gasteiger partial charge in [-0.05, 0) is 36.4 Å². The number of allylic oxidation sites excluding steroid dienone is 1. The summed E-state index contributed by atoms with van der Waals surface area (Å²) in [5.41, 5.74) is 0.881. The van der Waals surface area contributed by atoms with E-state index in [9.17, 15) is 9.59 Å². The van der Waals surface area contributed by atoms with Crippen molar-refractivity contribution < 1.29 is 23.8 Å². The first-order valence-electron chi connectivity index (χ1n) is 10.7. The second kappa shape index (κ2) is 12.8. The number of ether oxygens (including phenoxy) is 3. The minimum Gasteiger partial charge on any atom is -0.495 e. The summed E-state index contributed by atoms with van der Waals surface area (Å²) < 4.78 is 17.5. The number of rotatable bonds is 12. The number of nitrogens with zero attached hydrogens (tertiary/aromatic N) is 3. The van der Waals surface area contributed by atoms with E-state index in [2.05, 4.69) is 27.4 Å². The Balaban J connectivity index is 1.64. The molecule has 2 N–H and O–H groups in total. The van der Waals surface area contributed by atoms with Gasteiger partial charge in [-0.1, -0.05) is 29.4 Å². The fraction of sp³-hybridized carbons (Fsp3) is 0.250. The molecular weight excluding hydrogens is 506 g/mol. The number of thioether (sulfide) groups is 1. The highest BCUT2D eigenvalue weighted by Crippen LogP contribution is 2.29. The molecule has 0 unspecified atom stereocenters. The highest BCUT2D eigenvalue weighted by atomic mass is 35.5. The lowest BCUT2D eigenvalue weighted by atomic mass is 10.2. The standard InChI is InChI=1S/C24H26ClN5O5S/c1-5-10-30-21(13-26-23(32)15-6-8-19(34-3)20(11-15)35-4)28-29-24(30)36-14-22(31)27-17-12-16(25)7-9-18(17)33-2/h5-9,11-12H,1,10,13-14H2,2-4H3,(H,26,32)(H,27,31). The predicted molar refractivity (Wildman–Crippen MR) is 138 cm³/mol. The molecule has 12 heteroatoms. The van der Waals surface area contributed by atoms with Gasteiger partial charge >= 0.3 is 0 Å². The van der Waals surface area contributed by atoms with Crippen LogP contribution in [-0.4, -0.2) is 53.7 Å². The van der Waals surface area contributed by atoms with E-state index in [1.807, 2.05) is 0 Å². The van der Waals surface area contributed by atoms with E-state index in [1.54, 1.807) is 47.0 Å². The zero-order valence-electron chi connectivity index (χ0n) is 20.0. The summed E-state index contributed by atoms with van der Waals surface area (Å²) in [5, 5.41) is 15.0. The number of carbonyl (C=O) groups is 2. The first-order chi connectivity index (χ1) is 17.4. The minimum absolute atomic E-state index is 0.0724. The Kier molecular flexibility index (Phi) is 9.60. The zero-order valence-corrected chi connectivity index (χ0v) is 21.6. The fourth-order valence-electron chi connectivity index (χ4n) is 3.20. The highest BCUT2D eigenvalue weighted by Gasteiger charge is 2.17. The van der Waals surface area contributed by atoms with Crippen molar-refractivity contribution in [1.82, 2.24) is 20.1 Å². The van der Waals surface area contributed by atoms with E-state index >= 15 is 0 Å². The molecule has 0 atom stereocenters. The molecule has 2 aromatic carbocycles. The third-order valence-electron chi connectivity index (χ3n) is 4.93. The molecule has 0 aliphatic carbocycles. The summed E-state index contributed by atoms with van der Waals surface area (Å²) in [6.45, 7) is 4.30. The summed E-state index contributed by atoms with van der Waals surface area (Å²) in [7, 11) is 4.54. The molecule has 36 heavy (non-hydrogen) atoms. The van der Waals surface area contributed by atoms with Crippen molar-refractivity contribution in [1.29, 1.82) is 0 Å². The number of anilines is 1. The summed E-state index contributed by atoms with van der Waals surface area (Å²) >= 11 is 7.23. The lowest BCUT2D eigenvalue weighted by molar-refractivity contribution is -0.113. The fourth-order valence-corrected chi connectivity index (χ4v) is 4.14. The van der Waals surface area contributed by atoms with Crippen LogP contribution >= 0.6 is 23.4 Å². The molecule has 1 heterocycles. The Morgan fingerprint density at radius 2 is 1.78 bits per heavy atom. The molecule has 190 valence electrons. The number of halogens is 1. The topological polar surface area (TPSA) is 117 Å². The number of hydrogen-bond donors (Lipinski definition) is 2. The monoisotopic (exact) mass is 531 g/mol. The number of methoxy groups -OCH3 is 3. The van der Waals surface area contributed by atoms with Crippen LogP contribution in [0.2, 0.25) is 5.02 Å². The average molecular weight is 532 g/mol. The third-order valence-corrected chi connectivity index (χ3v) is 6.13. The van der Waals surface area contributed by atoms with Gasteiger partial charge in [-0.25, -0.2) is 0 Å². The maximum atomic E-state index is 12.7. The second-order valence-electron chi connectivity index (χ2n) is 7.23. The molecule has 0 saturated heterocycles. The molecule has 0 aliphatic heterocycles. The maximum absolute atomic E-state index is 12.7. The summed E-state index contributed by atoms with van der Waals surface area (Å²) in [5.74, 6) is 1.49. The van der Waals surface area contributed by atoms with Crippen molar-refractivity contribution in [2.45, 2.75) is 18.2 Å². The van der Waals surface area contributed by atoms with Crippen molar-refractivity contribution in [3.8, 4) is 17.2 Å². The molecule has 2 amide bonds. The summed E-state index contributed by atoms with van der Waals surface area (Å²) in [4.78, 5) is 25.2. The van der Waals surface area contributed by atoms with Crippen molar-refractivity contribution in [3.63, 3.8) is 0 Å². The first-order valence-corrected chi connectivity index (χ1v) is 12.1. The van der Waals surface area contributed by atoms with Gasteiger partial charge in [0.25, 0.3) is 5.91 Å². The predicted octanol–water partition coefficient (Wildman–Crippen LogP) is 3.80. The van der Waals surface area contributed by atoms with Gasteiger partial charge in [0.15, 0.2) is 22.5 Å². The van der Waals surface area contributed by atoms with Crippen molar-refractivity contribution in [2.24, 2.45) is 0 Å². The van der Waals surface area contributed by atoms with E-state index in [-0.39, 0.29) is 24.1 Å². The minimum atomic E-state index is -0.312. The quantitative estimate of drug-likeness (QED) is 0.268. The molecule has 0 fully saturated rings. The average Bonchev–Trinajstić information content (AvgIpc) is 3.27. The zero-order chi connectivity index (χ0) is 26.1. The highest BCUT2D eigenvalue weighted by molar-refractivity contribution is 7.99. The number of benzene rings is 2. The first kappa shape index (κ1) is 26.9. The van der Waals surface area contributed by atoms with Crippen LogP contribution in [-0.2, 0) is 17.9 Å². The SMILES string of the molecule is C=CCn1c(CNC(=O)c2ccc(OC)c(OC)c2)nnc1SCC(=O)Nc1cc(Cl)ccc1OC. The van der Waals surface area contributed by atoms with Crippen LogP contribution in [0, 0.1) is 0 Å². The molecule has 0 bridgehead atoms. The molecule has 0 spiro atoms. The Labute approximate surface area is 218 Å². The summed E-state index contributed by atoms with van der Waals surface area (Å²) in [6, 6.07) is 9.86. The van der Waals surface area contributed by atoms with Crippen LogP contribution in [0.15, 0.2) is 54.2 Å². The van der Waals surface area contributed by atoms with Crippen molar-refractivity contribution in [3.05, 3.63) is 65.5 Å². The Hall–Kier alpha value is -3.70. The Morgan fingerprint density at radius 1 is 1.06 bits per heavy atom. The molecule has 0 aliphatic rings. The molecule has 3 aromatic rings. The van der Waals surface area contributed by atoms with Gasteiger partial charge in [-0.15, -0.1) is 16.8 Å². The Bertz CT molecular complexity index is 1250. The number of amides is 2. The van der Waals surface area contributed by atoms with Crippen molar-refractivity contribution >= 4 is 40.9 Å². The summed E-state index contributed by atoms with van der Waals surface area (Å²) in [6.07, 6.45) is 1.68. The van der Waals surface area contributed by atoms with Gasteiger partial charge in [0.1, 0.15) is 5.75 Å². The van der Waals surface area contributed by atoms with E-state index in [0.29, 0.717) is 51.0 Å². The number of hydrogen-bond acceptors (Lipinski definition) is 8. The molecule has 0 saturated carbocycles. The smallest absolute Gasteiger partial charge is 0.251 e.